The third-order valence-corrected chi connectivity index (χ3v) is 8.06. The van der Waals surface area contributed by atoms with Crippen LogP contribution in [0.15, 0.2) is 29.3 Å². The van der Waals surface area contributed by atoms with E-state index in [1.54, 1.807) is 9.80 Å². The van der Waals surface area contributed by atoms with Gasteiger partial charge in [0.25, 0.3) is 11.8 Å². The quantitative estimate of drug-likeness (QED) is 0.489. The molecule has 0 atom stereocenters. The molecule has 0 aliphatic carbocycles. The van der Waals surface area contributed by atoms with Crippen LogP contribution in [-0.4, -0.2) is 77.7 Å². The summed E-state index contributed by atoms with van der Waals surface area (Å²) in [6.07, 6.45) is 1.49. The summed E-state index contributed by atoms with van der Waals surface area (Å²) in [5.74, 6) is 0.252. The molecule has 5 amide bonds. The van der Waals surface area contributed by atoms with Crippen LogP contribution in [0.4, 0.5) is 9.80 Å². The predicted molar refractivity (Wildman–Crippen MR) is 145 cm³/mol. The predicted octanol–water partition coefficient (Wildman–Crippen LogP) is 3.19. The summed E-state index contributed by atoms with van der Waals surface area (Å²) in [4.78, 5) is 59.3. The molecule has 1 saturated heterocycles. The molecule has 2 aliphatic rings. The zero-order valence-electron chi connectivity index (χ0n) is 21.6. The summed E-state index contributed by atoms with van der Waals surface area (Å²) in [5.41, 5.74) is -0.429. The Hall–Kier alpha value is -3.47. The molecular weight excluding hydrogens is 492 g/mol. The highest BCUT2D eigenvalue weighted by molar-refractivity contribution is 7.23. The summed E-state index contributed by atoms with van der Waals surface area (Å²) < 4.78 is 0.912. The molecule has 2 aliphatic heterocycles. The van der Waals surface area contributed by atoms with E-state index < -0.39 is 5.54 Å². The Morgan fingerprint density at radius 2 is 1.84 bits per heavy atom. The lowest BCUT2D eigenvalue weighted by Crippen LogP contribution is -2.50. The third-order valence-electron chi connectivity index (χ3n) is 6.97. The molecule has 11 heteroatoms. The first-order chi connectivity index (χ1) is 17.8. The van der Waals surface area contributed by atoms with Gasteiger partial charge in [0.1, 0.15) is 16.4 Å². The summed E-state index contributed by atoms with van der Waals surface area (Å²) in [7, 11) is 0. The number of thiophene rings is 1. The molecule has 0 bridgehead atoms. The molecule has 1 aromatic carbocycles. The number of urea groups is 1. The van der Waals surface area contributed by atoms with Crippen LogP contribution in [0.2, 0.25) is 0 Å². The van der Waals surface area contributed by atoms with E-state index in [4.69, 9.17) is 4.99 Å². The Morgan fingerprint density at radius 1 is 1.14 bits per heavy atom. The second kappa shape index (κ2) is 11.3. The van der Waals surface area contributed by atoms with E-state index >= 15 is 0 Å². The summed E-state index contributed by atoms with van der Waals surface area (Å²) in [6.45, 7) is 8.23. The minimum atomic E-state index is -0.900. The largest absolute Gasteiger partial charge is 0.343 e. The number of rotatable bonds is 8. The number of anilines is 1. The van der Waals surface area contributed by atoms with E-state index in [0.717, 1.165) is 10.1 Å². The van der Waals surface area contributed by atoms with Gasteiger partial charge in [-0.1, -0.05) is 18.2 Å². The maximum Gasteiger partial charge on any atom is 0.319 e. The Kier molecular flexibility index (Phi) is 8.11. The van der Waals surface area contributed by atoms with Gasteiger partial charge in [0.15, 0.2) is 0 Å². The Balaban J connectivity index is 1.46. The zero-order valence-corrected chi connectivity index (χ0v) is 22.4. The minimum absolute atomic E-state index is 0.0448. The summed E-state index contributed by atoms with van der Waals surface area (Å²) in [5, 5.41) is 9.70. The first-order valence-electron chi connectivity index (χ1n) is 12.9. The third kappa shape index (κ3) is 5.46. The minimum Gasteiger partial charge on any atom is -0.343 e. The average Bonchev–Trinajstić information content (AvgIpc) is 3.40. The number of aliphatic imine (C=N–C) groups is 1. The highest BCUT2D eigenvalue weighted by Gasteiger charge is 2.46. The fourth-order valence-electron chi connectivity index (χ4n) is 4.89. The maximum absolute atomic E-state index is 13.7. The van der Waals surface area contributed by atoms with E-state index in [1.807, 2.05) is 45.0 Å². The number of benzene rings is 1. The number of amidine groups is 1. The van der Waals surface area contributed by atoms with E-state index in [-0.39, 0.29) is 23.8 Å². The molecule has 4 rings (SSSR count). The lowest BCUT2D eigenvalue weighted by molar-refractivity contribution is -0.130. The molecule has 10 nitrogen and oxygen atoms in total. The van der Waals surface area contributed by atoms with Crippen molar-refractivity contribution >= 4 is 56.0 Å². The Labute approximate surface area is 220 Å². The topological polar surface area (TPSA) is 123 Å². The van der Waals surface area contributed by atoms with Crippen molar-refractivity contribution in [1.82, 2.24) is 20.4 Å². The van der Waals surface area contributed by atoms with Crippen molar-refractivity contribution in [2.75, 3.05) is 38.0 Å². The maximum atomic E-state index is 13.7. The van der Waals surface area contributed by atoms with Crippen molar-refractivity contribution in [1.29, 1.82) is 0 Å². The van der Waals surface area contributed by atoms with Gasteiger partial charge in [-0.05, 0) is 39.7 Å². The Morgan fingerprint density at radius 3 is 2.51 bits per heavy atom. The number of amides is 5. The molecule has 37 heavy (non-hydrogen) atoms. The van der Waals surface area contributed by atoms with Gasteiger partial charge >= 0.3 is 6.03 Å². The van der Waals surface area contributed by atoms with Gasteiger partial charge in [-0.25, -0.2) is 4.79 Å². The highest BCUT2D eigenvalue weighted by atomic mass is 32.1. The van der Waals surface area contributed by atoms with Crippen LogP contribution >= 0.6 is 11.3 Å². The van der Waals surface area contributed by atoms with Gasteiger partial charge in [-0.2, -0.15) is 0 Å². The second-order valence-electron chi connectivity index (χ2n) is 9.19. The molecule has 0 unspecified atom stereocenters. The lowest BCUT2D eigenvalue weighted by atomic mass is 9.87. The van der Waals surface area contributed by atoms with E-state index in [9.17, 15) is 19.2 Å². The molecule has 2 aromatic rings. The van der Waals surface area contributed by atoms with Crippen LogP contribution in [0, 0.1) is 0 Å². The van der Waals surface area contributed by atoms with Gasteiger partial charge < -0.3 is 20.4 Å². The number of hydrogen-bond donors (Lipinski definition) is 3. The number of carbonyl (C=O) groups excluding carboxylic acids is 4. The Bertz CT molecular complexity index is 1230. The van der Waals surface area contributed by atoms with E-state index in [1.165, 1.54) is 11.3 Å². The van der Waals surface area contributed by atoms with Gasteiger partial charge in [0.05, 0.1) is 5.56 Å². The number of nitrogens with zero attached hydrogens (tertiary/aromatic N) is 3. The van der Waals surface area contributed by atoms with Crippen LogP contribution in [0.1, 0.15) is 56.8 Å². The first kappa shape index (κ1) is 26.6. The fourth-order valence-corrected chi connectivity index (χ4v) is 5.98. The average molecular weight is 527 g/mol. The molecule has 1 aromatic heterocycles. The number of fused-ring (bicyclic) bond motifs is 1. The van der Waals surface area contributed by atoms with Crippen molar-refractivity contribution in [3.8, 4) is 0 Å². The molecule has 3 N–H and O–H groups in total. The van der Waals surface area contributed by atoms with Crippen molar-refractivity contribution in [2.45, 2.75) is 52.0 Å². The van der Waals surface area contributed by atoms with Gasteiger partial charge in [-0.3, -0.25) is 24.7 Å². The first-order valence-corrected chi connectivity index (χ1v) is 13.7. The van der Waals surface area contributed by atoms with Crippen molar-refractivity contribution in [3.05, 3.63) is 29.8 Å². The molecule has 3 heterocycles. The SMILES string of the molecule is CCNC(=O)Nc1sc2ccccc2c1C(=O)N1CCC2(CC1)N=C(CCC(=O)N(CC)CC)NC2=O. The van der Waals surface area contributed by atoms with Crippen LogP contribution < -0.4 is 16.0 Å². The fraction of sp³-hybridized carbons (Fsp3) is 0.500. The van der Waals surface area contributed by atoms with E-state index in [0.29, 0.717) is 74.8 Å². The normalized spacial score (nSPS) is 16.5. The van der Waals surface area contributed by atoms with Crippen molar-refractivity contribution in [3.63, 3.8) is 0 Å². The highest BCUT2D eigenvalue weighted by Crippen LogP contribution is 2.38. The van der Waals surface area contributed by atoms with Crippen molar-refractivity contribution < 1.29 is 19.2 Å². The number of likely N-dealkylation sites (tertiary alicyclic amines) is 1. The second-order valence-corrected chi connectivity index (χ2v) is 10.2. The zero-order chi connectivity index (χ0) is 26.6. The standard InChI is InChI=1S/C26H34N6O4S/c1-4-27-25(36)29-22-21(17-9-7-8-10-18(17)37-22)23(34)32-15-13-26(14-16-32)24(35)28-19(30-26)11-12-20(33)31(5-2)6-3/h7-10H,4-6,11-16H2,1-3H3,(H2,27,29,36)(H,28,30,35). The number of hydrogen-bond acceptors (Lipinski definition) is 6. The van der Waals surface area contributed by atoms with E-state index in [2.05, 4.69) is 16.0 Å². The molecule has 0 radical (unpaired) electrons. The number of nitrogens with one attached hydrogen (secondary N) is 3. The molecule has 1 spiro atoms. The van der Waals surface area contributed by atoms with Gasteiger partial charge in [0, 0.05) is 55.7 Å². The van der Waals surface area contributed by atoms with Gasteiger partial charge in [0.2, 0.25) is 5.91 Å². The van der Waals surface area contributed by atoms with Crippen LogP contribution in [0.3, 0.4) is 0 Å². The van der Waals surface area contributed by atoms with Crippen LogP contribution in [0.25, 0.3) is 10.1 Å². The smallest absolute Gasteiger partial charge is 0.319 e. The number of carbonyl (C=O) groups is 4. The van der Waals surface area contributed by atoms with Crippen LogP contribution in [-0.2, 0) is 9.59 Å². The summed E-state index contributed by atoms with van der Waals surface area (Å²) >= 11 is 1.37. The molecule has 0 saturated carbocycles. The monoisotopic (exact) mass is 526 g/mol. The number of piperidine rings is 1. The molecule has 1 fully saturated rings. The molecular formula is C26H34N6O4S. The van der Waals surface area contributed by atoms with Gasteiger partial charge in [-0.15, -0.1) is 11.3 Å². The lowest BCUT2D eigenvalue weighted by Gasteiger charge is -2.35. The summed E-state index contributed by atoms with van der Waals surface area (Å²) in [6, 6.07) is 7.22. The van der Waals surface area contributed by atoms with Crippen molar-refractivity contribution in [2.24, 2.45) is 4.99 Å². The van der Waals surface area contributed by atoms with Crippen LogP contribution in [0.5, 0.6) is 0 Å². The molecule has 198 valence electrons.